The molecule has 4 heterocycles. The predicted molar refractivity (Wildman–Crippen MR) is 134 cm³/mol. The van der Waals surface area contributed by atoms with Crippen LogP contribution in [-0.4, -0.2) is 46.9 Å². The van der Waals surface area contributed by atoms with E-state index in [-0.39, 0.29) is 23.9 Å². The molecule has 1 atom stereocenters. The number of anilines is 3. The van der Waals surface area contributed by atoms with E-state index in [2.05, 4.69) is 36.0 Å². The molecule has 0 spiro atoms. The second-order valence-electron chi connectivity index (χ2n) is 8.78. The van der Waals surface area contributed by atoms with Crippen molar-refractivity contribution in [2.45, 2.75) is 32.2 Å². The van der Waals surface area contributed by atoms with Gasteiger partial charge >= 0.3 is 6.03 Å². The van der Waals surface area contributed by atoms with Gasteiger partial charge in [-0.2, -0.15) is 0 Å². The average Bonchev–Trinajstić information content (AvgIpc) is 3.44. The highest BCUT2D eigenvalue weighted by Crippen LogP contribution is 2.45. The minimum Gasteiger partial charge on any atom is -0.347 e. The van der Waals surface area contributed by atoms with Crippen molar-refractivity contribution < 1.29 is 14.4 Å². The van der Waals surface area contributed by atoms with Crippen LogP contribution in [-0.2, 0) is 4.79 Å². The molecule has 3 aromatic rings. The standard InChI is InChI=1S/C25H25N5O3S/c1-4-19(31)29-11-9-16(13-29)27-23(32)22-21-20-18(8-10-26-24(20)34-22)30(25(33)28-21)17-7-5-6-15(12-17)14(2)3/h4-8,10,12,14,16H,1,9,11,13H2,2-3H3,(H,27,32)(H,28,33). The van der Waals surface area contributed by atoms with E-state index in [1.54, 1.807) is 22.1 Å². The second-order valence-corrected chi connectivity index (χ2v) is 9.78. The summed E-state index contributed by atoms with van der Waals surface area (Å²) in [4.78, 5) is 47.2. The Hall–Kier alpha value is -3.72. The molecule has 1 aromatic carbocycles. The number of aromatic nitrogens is 1. The SMILES string of the molecule is C=CC(=O)N1CCC(NC(=O)c2sc3nccc4c3c2NC(=O)N4c2cccc(C(C)C)c2)C1. The van der Waals surface area contributed by atoms with Gasteiger partial charge in [-0.25, -0.2) is 9.78 Å². The van der Waals surface area contributed by atoms with E-state index < -0.39 is 0 Å². The number of rotatable bonds is 5. The first kappa shape index (κ1) is 22.1. The molecular formula is C25H25N5O3S. The van der Waals surface area contributed by atoms with Crippen LogP contribution in [0.2, 0.25) is 0 Å². The minimum atomic E-state index is -0.322. The topological polar surface area (TPSA) is 94.6 Å². The minimum absolute atomic E-state index is 0.142. The Labute approximate surface area is 201 Å². The van der Waals surface area contributed by atoms with Crippen LogP contribution < -0.4 is 15.5 Å². The van der Waals surface area contributed by atoms with Crippen molar-refractivity contribution in [3.63, 3.8) is 0 Å². The summed E-state index contributed by atoms with van der Waals surface area (Å²) in [6, 6.07) is 9.23. The summed E-state index contributed by atoms with van der Waals surface area (Å²) in [7, 11) is 0. The van der Waals surface area contributed by atoms with E-state index in [1.807, 2.05) is 24.3 Å². The van der Waals surface area contributed by atoms with E-state index in [4.69, 9.17) is 0 Å². The van der Waals surface area contributed by atoms with E-state index in [0.717, 1.165) is 16.6 Å². The summed E-state index contributed by atoms with van der Waals surface area (Å²) in [5.41, 5.74) is 3.08. The summed E-state index contributed by atoms with van der Waals surface area (Å²) in [5.74, 6) is -0.0978. The Balaban J connectivity index is 1.48. The van der Waals surface area contributed by atoms with Crippen molar-refractivity contribution in [2.24, 2.45) is 0 Å². The Morgan fingerprint density at radius 1 is 1.32 bits per heavy atom. The Bertz CT molecular complexity index is 1330. The number of carbonyl (C=O) groups excluding carboxylic acids is 3. The highest BCUT2D eigenvalue weighted by atomic mass is 32.1. The van der Waals surface area contributed by atoms with Crippen LogP contribution in [0.1, 0.15) is 41.4 Å². The molecule has 2 aliphatic heterocycles. The lowest BCUT2D eigenvalue weighted by Gasteiger charge is -2.29. The van der Waals surface area contributed by atoms with Crippen molar-refractivity contribution >= 4 is 56.5 Å². The zero-order chi connectivity index (χ0) is 24.0. The van der Waals surface area contributed by atoms with Gasteiger partial charge in [0.15, 0.2) is 0 Å². The highest BCUT2D eigenvalue weighted by Gasteiger charge is 2.34. The molecule has 0 aliphatic carbocycles. The van der Waals surface area contributed by atoms with Crippen molar-refractivity contribution in [3.8, 4) is 0 Å². The fraction of sp³-hybridized carbons (Fsp3) is 0.280. The molecule has 0 saturated carbocycles. The first-order chi connectivity index (χ1) is 16.4. The molecule has 174 valence electrons. The summed E-state index contributed by atoms with van der Waals surface area (Å²) in [6.07, 6.45) is 3.61. The zero-order valence-electron chi connectivity index (χ0n) is 19.0. The summed E-state index contributed by atoms with van der Waals surface area (Å²) < 4.78 is 0. The molecule has 34 heavy (non-hydrogen) atoms. The van der Waals surface area contributed by atoms with Gasteiger partial charge in [0.05, 0.1) is 22.4 Å². The lowest BCUT2D eigenvalue weighted by Crippen LogP contribution is -2.39. The molecular weight excluding hydrogens is 450 g/mol. The normalized spacial score (nSPS) is 17.3. The van der Waals surface area contributed by atoms with Gasteiger partial charge in [0.2, 0.25) is 5.91 Å². The fourth-order valence-corrected chi connectivity index (χ4v) is 5.50. The summed E-state index contributed by atoms with van der Waals surface area (Å²) in [5, 5.41) is 6.69. The van der Waals surface area contributed by atoms with Crippen LogP contribution in [0.3, 0.4) is 0 Å². The van der Waals surface area contributed by atoms with Crippen LogP contribution in [0.25, 0.3) is 10.2 Å². The maximum Gasteiger partial charge on any atom is 0.331 e. The van der Waals surface area contributed by atoms with Crippen LogP contribution >= 0.6 is 11.3 Å². The summed E-state index contributed by atoms with van der Waals surface area (Å²) >= 11 is 1.25. The quantitative estimate of drug-likeness (QED) is 0.527. The van der Waals surface area contributed by atoms with Gasteiger partial charge in [-0.1, -0.05) is 32.6 Å². The first-order valence-corrected chi connectivity index (χ1v) is 12.0. The lowest BCUT2D eigenvalue weighted by atomic mass is 10.0. The maximum atomic E-state index is 13.3. The predicted octanol–water partition coefficient (Wildman–Crippen LogP) is 4.62. The molecule has 2 N–H and O–H groups in total. The molecule has 0 radical (unpaired) electrons. The van der Waals surface area contributed by atoms with E-state index in [1.165, 1.54) is 17.4 Å². The number of carbonyl (C=O) groups is 3. The van der Waals surface area contributed by atoms with E-state index in [9.17, 15) is 14.4 Å². The smallest absolute Gasteiger partial charge is 0.331 e. The van der Waals surface area contributed by atoms with Gasteiger partial charge in [-0.15, -0.1) is 11.3 Å². The molecule has 8 nitrogen and oxygen atoms in total. The van der Waals surface area contributed by atoms with Gasteiger partial charge < -0.3 is 15.5 Å². The molecule has 2 aromatic heterocycles. The Morgan fingerprint density at radius 3 is 2.91 bits per heavy atom. The van der Waals surface area contributed by atoms with Gasteiger partial charge in [-0.3, -0.25) is 14.5 Å². The van der Waals surface area contributed by atoms with E-state index >= 15 is 0 Å². The molecule has 1 unspecified atom stereocenters. The second kappa shape index (κ2) is 8.57. The zero-order valence-corrected chi connectivity index (χ0v) is 19.8. The first-order valence-electron chi connectivity index (χ1n) is 11.2. The number of amides is 4. The number of hydrogen-bond acceptors (Lipinski definition) is 5. The molecule has 1 fully saturated rings. The molecule has 2 aliphatic rings. The lowest BCUT2D eigenvalue weighted by molar-refractivity contribution is -0.125. The number of benzene rings is 1. The highest BCUT2D eigenvalue weighted by molar-refractivity contribution is 7.21. The molecule has 0 bridgehead atoms. The van der Waals surface area contributed by atoms with Crippen LogP contribution in [0.15, 0.2) is 49.2 Å². The number of urea groups is 1. The van der Waals surface area contributed by atoms with Gasteiger partial charge in [0, 0.05) is 25.3 Å². The number of likely N-dealkylation sites (tertiary alicyclic amines) is 1. The van der Waals surface area contributed by atoms with Crippen molar-refractivity contribution in [1.29, 1.82) is 0 Å². The fourth-order valence-electron chi connectivity index (χ4n) is 4.48. The third-order valence-corrected chi connectivity index (χ3v) is 7.35. The third-order valence-electron chi connectivity index (χ3n) is 6.26. The Morgan fingerprint density at radius 2 is 2.15 bits per heavy atom. The number of thiophene rings is 1. The van der Waals surface area contributed by atoms with E-state index in [0.29, 0.717) is 46.5 Å². The molecule has 9 heteroatoms. The van der Waals surface area contributed by atoms with Crippen LogP contribution in [0, 0.1) is 0 Å². The average molecular weight is 476 g/mol. The Kier molecular flexibility index (Phi) is 5.57. The van der Waals surface area contributed by atoms with Gasteiger partial charge in [0.1, 0.15) is 9.71 Å². The summed E-state index contributed by atoms with van der Waals surface area (Å²) in [6.45, 7) is 8.75. The van der Waals surface area contributed by atoms with Crippen molar-refractivity contribution in [2.75, 3.05) is 23.3 Å². The van der Waals surface area contributed by atoms with Crippen LogP contribution in [0.5, 0.6) is 0 Å². The molecule has 4 amide bonds. The maximum absolute atomic E-state index is 13.3. The van der Waals surface area contributed by atoms with Crippen molar-refractivity contribution in [3.05, 3.63) is 59.6 Å². The van der Waals surface area contributed by atoms with Crippen molar-refractivity contribution in [1.82, 2.24) is 15.2 Å². The number of pyridine rings is 1. The van der Waals surface area contributed by atoms with Crippen LogP contribution in [0.4, 0.5) is 21.9 Å². The number of nitrogens with one attached hydrogen (secondary N) is 2. The molecule has 5 rings (SSSR count). The largest absolute Gasteiger partial charge is 0.347 e. The molecule has 1 saturated heterocycles. The number of hydrogen-bond donors (Lipinski definition) is 2. The van der Waals surface area contributed by atoms with Gasteiger partial charge in [-0.05, 0) is 42.2 Å². The number of nitrogens with zero attached hydrogens (tertiary/aromatic N) is 3. The van der Waals surface area contributed by atoms with Gasteiger partial charge in [0.25, 0.3) is 5.91 Å². The third kappa shape index (κ3) is 3.71. The monoisotopic (exact) mass is 475 g/mol.